The fraction of sp³-hybridized carbons (Fsp3) is 0.533. The van der Waals surface area contributed by atoms with E-state index in [1.165, 1.54) is 18.4 Å². The summed E-state index contributed by atoms with van der Waals surface area (Å²) in [6, 6.07) is 10.6. The first-order valence-corrected chi connectivity index (χ1v) is 6.81. The van der Waals surface area contributed by atoms with Crippen LogP contribution in [0.5, 0.6) is 0 Å². The van der Waals surface area contributed by atoms with Crippen LogP contribution in [0.3, 0.4) is 0 Å². The van der Waals surface area contributed by atoms with E-state index in [-0.39, 0.29) is 24.3 Å². The molecule has 0 spiro atoms. The van der Waals surface area contributed by atoms with Gasteiger partial charge >= 0.3 is 6.09 Å². The van der Waals surface area contributed by atoms with E-state index in [1.807, 2.05) is 23.1 Å². The topological polar surface area (TPSA) is 29.5 Å². The Balaban J connectivity index is 1.84. The third-order valence-corrected chi connectivity index (χ3v) is 4.19. The highest BCUT2D eigenvalue weighted by Gasteiger charge is 2.44. The highest BCUT2D eigenvalue weighted by atomic mass is 16.6. The maximum Gasteiger partial charge on any atom is 0.411 e. The second-order valence-corrected chi connectivity index (χ2v) is 5.27. The quantitative estimate of drug-likeness (QED) is 0.798. The van der Waals surface area contributed by atoms with E-state index < -0.39 is 0 Å². The van der Waals surface area contributed by atoms with Crippen LogP contribution in [-0.4, -0.2) is 23.1 Å². The van der Waals surface area contributed by atoms with Crippen molar-refractivity contribution in [3.63, 3.8) is 0 Å². The molecule has 0 unspecified atom stereocenters. The predicted octanol–water partition coefficient (Wildman–Crippen LogP) is 3.51. The molecule has 1 saturated carbocycles. The SMILES string of the molecule is C[C@@H](c1ccccc1)N1C(=O)O[C@@H]2CCCC[C@@H]21. The van der Waals surface area contributed by atoms with Crippen LogP contribution in [0.1, 0.15) is 44.2 Å². The lowest BCUT2D eigenvalue weighted by atomic mass is 9.91. The Hall–Kier alpha value is -1.51. The average Bonchev–Trinajstić information content (AvgIpc) is 2.75. The molecule has 0 bridgehead atoms. The molecule has 2 aliphatic rings. The van der Waals surface area contributed by atoms with Gasteiger partial charge in [-0.3, -0.25) is 4.90 Å². The van der Waals surface area contributed by atoms with Crippen molar-refractivity contribution in [3.8, 4) is 0 Å². The number of carbonyl (C=O) groups is 1. The van der Waals surface area contributed by atoms with Crippen LogP contribution >= 0.6 is 0 Å². The van der Waals surface area contributed by atoms with Gasteiger partial charge in [0.1, 0.15) is 6.10 Å². The number of carbonyl (C=O) groups excluding carboxylic acids is 1. The minimum Gasteiger partial charge on any atom is -0.444 e. The van der Waals surface area contributed by atoms with E-state index >= 15 is 0 Å². The molecule has 0 N–H and O–H groups in total. The Kier molecular flexibility index (Phi) is 2.98. The number of ether oxygens (including phenoxy) is 1. The van der Waals surface area contributed by atoms with Gasteiger partial charge in [0.05, 0.1) is 12.1 Å². The van der Waals surface area contributed by atoms with Crippen LogP contribution in [0.15, 0.2) is 30.3 Å². The summed E-state index contributed by atoms with van der Waals surface area (Å²) in [7, 11) is 0. The number of nitrogens with zero attached hydrogens (tertiary/aromatic N) is 1. The van der Waals surface area contributed by atoms with Crippen LogP contribution in [0.25, 0.3) is 0 Å². The van der Waals surface area contributed by atoms with Crippen molar-refractivity contribution in [2.24, 2.45) is 0 Å². The number of benzene rings is 1. The summed E-state index contributed by atoms with van der Waals surface area (Å²) in [6.07, 6.45) is 4.47. The molecule has 0 aromatic heterocycles. The van der Waals surface area contributed by atoms with Crippen molar-refractivity contribution >= 4 is 6.09 Å². The summed E-state index contributed by atoms with van der Waals surface area (Å²) < 4.78 is 5.51. The Labute approximate surface area is 108 Å². The van der Waals surface area contributed by atoms with Crippen LogP contribution in [-0.2, 0) is 4.74 Å². The summed E-state index contributed by atoms with van der Waals surface area (Å²) in [6.45, 7) is 2.09. The average molecular weight is 245 g/mol. The van der Waals surface area contributed by atoms with Crippen molar-refractivity contribution in [2.75, 3.05) is 0 Å². The molecule has 1 amide bonds. The zero-order chi connectivity index (χ0) is 12.5. The van der Waals surface area contributed by atoms with E-state index in [0.29, 0.717) is 0 Å². The molecule has 3 nitrogen and oxygen atoms in total. The third-order valence-electron chi connectivity index (χ3n) is 4.19. The Morgan fingerprint density at radius 3 is 2.72 bits per heavy atom. The van der Waals surface area contributed by atoms with Crippen LogP contribution in [0.4, 0.5) is 4.79 Å². The molecule has 1 heterocycles. The first-order valence-electron chi connectivity index (χ1n) is 6.81. The highest BCUT2D eigenvalue weighted by Crippen LogP contribution is 2.37. The maximum atomic E-state index is 12.1. The highest BCUT2D eigenvalue weighted by molar-refractivity contribution is 5.71. The Morgan fingerprint density at radius 1 is 1.22 bits per heavy atom. The van der Waals surface area contributed by atoms with E-state index in [0.717, 1.165) is 12.8 Å². The van der Waals surface area contributed by atoms with Crippen molar-refractivity contribution < 1.29 is 9.53 Å². The molecule has 18 heavy (non-hydrogen) atoms. The van der Waals surface area contributed by atoms with Crippen molar-refractivity contribution in [3.05, 3.63) is 35.9 Å². The summed E-state index contributed by atoms with van der Waals surface area (Å²) in [4.78, 5) is 14.0. The van der Waals surface area contributed by atoms with Gasteiger partial charge in [-0.2, -0.15) is 0 Å². The lowest BCUT2D eigenvalue weighted by Crippen LogP contribution is -2.40. The summed E-state index contributed by atoms with van der Waals surface area (Å²) in [5.74, 6) is 0. The van der Waals surface area contributed by atoms with Gasteiger partial charge in [-0.1, -0.05) is 36.8 Å². The maximum absolute atomic E-state index is 12.1. The van der Waals surface area contributed by atoms with Crippen molar-refractivity contribution in [1.82, 2.24) is 4.90 Å². The van der Waals surface area contributed by atoms with Gasteiger partial charge < -0.3 is 4.74 Å². The van der Waals surface area contributed by atoms with Gasteiger partial charge in [0.2, 0.25) is 0 Å². The Morgan fingerprint density at radius 2 is 1.94 bits per heavy atom. The lowest BCUT2D eigenvalue weighted by molar-refractivity contribution is 0.113. The molecule has 1 aliphatic heterocycles. The van der Waals surface area contributed by atoms with E-state index in [2.05, 4.69) is 19.1 Å². The minimum absolute atomic E-state index is 0.104. The number of hydrogen-bond donors (Lipinski definition) is 0. The molecule has 3 rings (SSSR count). The van der Waals surface area contributed by atoms with Gasteiger partial charge in [0, 0.05) is 0 Å². The van der Waals surface area contributed by atoms with Crippen LogP contribution < -0.4 is 0 Å². The van der Waals surface area contributed by atoms with E-state index in [9.17, 15) is 4.79 Å². The van der Waals surface area contributed by atoms with Gasteiger partial charge in [-0.15, -0.1) is 0 Å². The van der Waals surface area contributed by atoms with Gasteiger partial charge in [-0.25, -0.2) is 4.79 Å². The van der Waals surface area contributed by atoms with E-state index in [1.54, 1.807) is 0 Å². The number of amides is 1. The second kappa shape index (κ2) is 4.63. The molecular formula is C15H19NO2. The molecule has 3 heteroatoms. The molecule has 1 saturated heterocycles. The van der Waals surface area contributed by atoms with Crippen molar-refractivity contribution in [2.45, 2.75) is 50.8 Å². The molecular weight excluding hydrogens is 226 g/mol. The first kappa shape index (κ1) is 11.6. The summed E-state index contributed by atoms with van der Waals surface area (Å²) >= 11 is 0. The van der Waals surface area contributed by atoms with Crippen LogP contribution in [0.2, 0.25) is 0 Å². The normalized spacial score (nSPS) is 28.7. The Bertz CT molecular complexity index is 431. The molecule has 1 aromatic rings. The number of hydrogen-bond acceptors (Lipinski definition) is 2. The van der Waals surface area contributed by atoms with Gasteiger partial charge in [0.15, 0.2) is 0 Å². The second-order valence-electron chi connectivity index (χ2n) is 5.27. The van der Waals surface area contributed by atoms with Gasteiger partial charge in [0.25, 0.3) is 0 Å². The molecule has 3 atom stereocenters. The molecule has 2 fully saturated rings. The molecule has 0 radical (unpaired) electrons. The fourth-order valence-electron chi connectivity index (χ4n) is 3.20. The molecule has 1 aliphatic carbocycles. The summed E-state index contributed by atoms with van der Waals surface area (Å²) in [5.41, 5.74) is 1.18. The minimum atomic E-state index is -0.136. The zero-order valence-corrected chi connectivity index (χ0v) is 10.7. The first-order chi connectivity index (χ1) is 8.77. The van der Waals surface area contributed by atoms with Crippen molar-refractivity contribution in [1.29, 1.82) is 0 Å². The van der Waals surface area contributed by atoms with Crippen LogP contribution in [0, 0.1) is 0 Å². The lowest BCUT2D eigenvalue weighted by Gasteiger charge is -2.32. The monoisotopic (exact) mass is 245 g/mol. The van der Waals surface area contributed by atoms with E-state index in [4.69, 9.17) is 4.74 Å². The summed E-state index contributed by atoms with van der Waals surface area (Å²) in [5, 5.41) is 0. The standard InChI is InChI=1S/C15H19NO2/c1-11(12-7-3-2-4-8-12)16-13-9-5-6-10-14(13)18-15(16)17/h2-4,7-8,11,13-14H,5-6,9-10H2,1H3/t11-,13-,14+/m0/s1. The predicted molar refractivity (Wildman–Crippen MR) is 69.2 cm³/mol. The fourth-order valence-corrected chi connectivity index (χ4v) is 3.20. The zero-order valence-electron chi connectivity index (χ0n) is 10.7. The largest absolute Gasteiger partial charge is 0.444 e. The third kappa shape index (κ3) is 1.88. The smallest absolute Gasteiger partial charge is 0.411 e. The van der Waals surface area contributed by atoms with Gasteiger partial charge in [-0.05, 0) is 31.7 Å². The number of rotatable bonds is 2. The molecule has 1 aromatic carbocycles. The number of fused-ring (bicyclic) bond motifs is 1. The molecule has 96 valence electrons.